The van der Waals surface area contributed by atoms with Crippen LogP contribution in [0, 0.1) is 0 Å². The van der Waals surface area contributed by atoms with Crippen molar-refractivity contribution in [2.75, 3.05) is 26.1 Å². The molecule has 0 spiro atoms. The molecule has 7 heteroatoms. The molecule has 190 valence electrons. The van der Waals surface area contributed by atoms with Crippen LogP contribution < -0.4 is 19.5 Å². The van der Waals surface area contributed by atoms with Crippen LogP contribution in [0.15, 0.2) is 91.1 Å². The SMILES string of the molecule is COc1cc(NC(=O)N2CCCn3cccc3C2c2ccc(OCc3ccccc3)cc2)cc(OC)c1. The van der Waals surface area contributed by atoms with Gasteiger partial charge in [-0.2, -0.15) is 0 Å². The van der Waals surface area contributed by atoms with Crippen LogP contribution in [0.3, 0.4) is 0 Å². The Morgan fingerprint density at radius 1 is 0.865 bits per heavy atom. The fourth-order valence-electron chi connectivity index (χ4n) is 4.71. The van der Waals surface area contributed by atoms with Gasteiger partial charge in [0.15, 0.2) is 0 Å². The largest absolute Gasteiger partial charge is 0.497 e. The first-order valence-electron chi connectivity index (χ1n) is 12.4. The maximum Gasteiger partial charge on any atom is 0.322 e. The lowest BCUT2D eigenvalue weighted by Crippen LogP contribution is -2.38. The Hall–Kier alpha value is -4.39. The van der Waals surface area contributed by atoms with Crippen molar-refractivity contribution in [3.8, 4) is 17.2 Å². The summed E-state index contributed by atoms with van der Waals surface area (Å²) in [4.78, 5) is 15.6. The van der Waals surface area contributed by atoms with Crippen molar-refractivity contribution < 1.29 is 19.0 Å². The van der Waals surface area contributed by atoms with Gasteiger partial charge in [-0.05, 0) is 41.8 Å². The highest BCUT2D eigenvalue weighted by Gasteiger charge is 2.31. The van der Waals surface area contributed by atoms with Crippen molar-refractivity contribution in [2.45, 2.75) is 25.6 Å². The van der Waals surface area contributed by atoms with Crippen LogP contribution in [0.5, 0.6) is 17.2 Å². The van der Waals surface area contributed by atoms with Gasteiger partial charge >= 0.3 is 6.03 Å². The minimum Gasteiger partial charge on any atom is -0.497 e. The Bertz CT molecular complexity index is 1310. The van der Waals surface area contributed by atoms with Gasteiger partial charge in [0.25, 0.3) is 0 Å². The standard InChI is InChI=1S/C30H31N3O4/c1-35-26-18-24(19-27(20-26)36-2)31-30(34)33-17-7-16-32-15-6-10-28(32)29(33)23-11-13-25(14-12-23)37-21-22-8-4-3-5-9-22/h3-6,8-15,18-20,29H,7,16-17,21H2,1-2H3,(H,31,34). The van der Waals surface area contributed by atoms with Crippen LogP contribution in [0.25, 0.3) is 0 Å². The van der Waals surface area contributed by atoms with Gasteiger partial charge in [-0.15, -0.1) is 0 Å². The number of ether oxygens (including phenoxy) is 3. The van der Waals surface area contributed by atoms with Crippen LogP contribution in [0.2, 0.25) is 0 Å². The first-order chi connectivity index (χ1) is 18.1. The number of amides is 2. The van der Waals surface area contributed by atoms with E-state index < -0.39 is 0 Å². The first kappa shape index (κ1) is 24.3. The molecule has 0 bridgehead atoms. The lowest BCUT2D eigenvalue weighted by Gasteiger charge is -2.31. The zero-order valence-corrected chi connectivity index (χ0v) is 21.1. The van der Waals surface area contributed by atoms with Crippen molar-refractivity contribution in [3.05, 3.63) is 108 Å². The molecular weight excluding hydrogens is 466 g/mol. The highest BCUT2D eigenvalue weighted by molar-refractivity contribution is 5.90. The summed E-state index contributed by atoms with van der Waals surface area (Å²) in [6.45, 7) is 1.98. The zero-order chi connectivity index (χ0) is 25.6. The Morgan fingerprint density at radius 3 is 2.30 bits per heavy atom. The average molecular weight is 498 g/mol. The lowest BCUT2D eigenvalue weighted by molar-refractivity contribution is 0.199. The predicted molar refractivity (Wildman–Crippen MR) is 143 cm³/mol. The minimum atomic E-state index is -0.242. The van der Waals surface area contributed by atoms with Crippen LogP contribution in [0.1, 0.15) is 29.3 Å². The molecule has 5 rings (SSSR count). The molecule has 1 unspecified atom stereocenters. The number of urea groups is 1. The topological polar surface area (TPSA) is 65.0 Å². The summed E-state index contributed by atoms with van der Waals surface area (Å²) in [6, 6.07) is 27.2. The van der Waals surface area contributed by atoms with Crippen molar-refractivity contribution in [1.29, 1.82) is 0 Å². The molecule has 1 N–H and O–H groups in total. The number of methoxy groups -OCH3 is 2. The number of aromatic nitrogens is 1. The van der Waals surface area contributed by atoms with Gasteiger partial charge in [0.2, 0.25) is 0 Å². The molecule has 0 saturated heterocycles. The normalized spacial score (nSPS) is 14.9. The summed E-state index contributed by atoms with van der Waals surface area (Å²) >= 11 is 0. The van der Waals surface area contributed by atoms with Crippen molar-refractivity contribution >= 4 is 11.7 Å². The number of nitrogens with one attached hydrogen (secondary N) is 1. The Labute approximate surface area is 217 Å². The van der Waals surface area contributed by atoms with Crippen LogP contribution in [0.4, 0.5) is 10.5 Å². The zero-order valence-electron chi connectivity index (χ0n) is 21.1. The van der Waals surface area contributed by atoms with Gasteiger partial charge in [-0.25, -0.2) is 4.79 Å². The third-order valence-electron chi connectivity index (χ3n) is 6.56. The van der Waals surface area contributed by atoms with E-state index in [2.05, 4.69) is 22.1 Å². The maximum atomic E-state index is 13.7. The van der Waals surface area contributed by atoms with E-state index in [1.165, 1.54) is 0 Å². The molecule has 2 amide bonds. The van der Waals surface area contributed by atoms with Crippen molar-refractivity contribution in [1.82, 2.24) is 9.47 Å². The van der Waals surface area contributed by atoms with E-state index >= 15 is 0 Å². The molecule has 3 aromatic carbocycles. The summed E-state index contributed by atoms with van der Waals surface area (Å²) in [5.74, 6) is 2.01. The molecule has 4 aromatic rings. The molecule has 1 atom stereocenters. The van der Waals surface area contributed by atoms with E-state index in [9.17, 15) is 4.79 Å². The van der Waals surface area contributed by atoms with Crippen LogP contribution in [-0.4, -0.2) is 36.3 Å². The summed E-state index contributed by atoms with van der Waals surface area (Å²) in [7, 11) is 3.18. The molecule has 0 aliphatic carbocycles. The number of hydrogen-bond donors (Lipinski definition) is 1. The highest BCUT2D eigenvalue weighted by Crippen LogP contribution is 2.34. The number of carbonyl (C=O) groups excluding carboxylic acids is 1. The summed E-state index contributed by atoms with van der Waals surface area (Å²) in [5, 5.41) is 3.05. The number of benzene rings is 3. The fourth-order valence-corrected chi connectivity index (χ4v) is 4.71. The number of anilines is 1. The predicted octanol–water partition coefficient (Wildman–Crippen LogP) is 6.11. The van der Waals surface area contributed by atoms with Crippen LogP contribution in [-0.2, 0) is 13.2 Å². The van der Waals surface area contributed by atoms with Crippen molar-refractivity contribution in [2.24, 2.45) is 0 Å². The monoisotopic (exact) mass is 497 g/mol. The molecule has 37 heavy (non-hydrogen) atoms. The highest BCUT2D eigenvalue weighted by atomic mass is 16.5. The third-order valence-corrected chi connectivity index (χ3v) is 6.56. The maximum absolute atomic E-state index is 13.7. The van der Waals surface area contributed by atoms with E-state index in [0.29, 0.717) is 30.3 Å². The van der Waals surface area contributed by atoms with E-state index in [4.69, 9.17) is 14.2 Å². The summed E-state index contributed by atoms with van der Waals surface area (Å²) < 4.78 is 19.0. The smallest absolute Gasteiger partial charge is 0.322 e. The number of aryl methyl sites for hydroxylation is 1. The van der Waals surface area contributed by atoms with E-state index in [-0.39, 0.29) is 12.1 Å². The average Bonchev–Trinajstić information content (AvgIpc) is 3.32. The molecule has 1 aliphatic rings. The van der Waals surface area contributed by atoms with Gasteiger partial charge in [0.1, 0.15) is 23.9 Å². The molecule has 0 saturated carbocycles. The third kappa shape index (κ3) is 5.56. The number of hydrogen-bond acceptors (Lipinski definition) is 4. The van der Waals surface area contributed by atoms with E-state index in [1.807, 2.05) is 65.6 Å². The molecule has 1 aliphatic heterocycles. The fraction of sp³-hybridized carbons (Fsp3) is 0.233. The van der Waals surface area contributed by atoms with E-state index in [1.54, 1.807) is 32.4 Å². The summed E-state index contributed by atoms with van der Waals surface area (Å²) in [6.07, 6.45) is 2.93. The van der Waals surface area contributed by atoms with Crippen molar-refractivity contribution in [3.63, 3.8) is 0 Å². The molecule has 2 heterocycles. The molecular formula is C30H31N3O4. The van der Waals surface area contributed by atoms with E-state index in [0.717, 1.165) is 35.5 Å². The van der Waals surface area contributed by atoms with Crippen LogP contribution >= 0.6 is 0 Å². The number of rotatable bonds is 7. The minimum absolute atomic E-state index is 0.181. The Balaban J connectivity index is 1.40. The molecule has 7 nitrogen and oxygen atoms in total. The second kappa shape index (κ2) is 11.1. The van der Waals surface area contributed by atoms with Gasteiger partial charge in [-0.1, -0.05) is 42.5 Å². The molecule has 0 radical (unpaired) electrons. The van der Waals surface area contributed by atoms with Gasteiger partial charge in [-0.3, -0.25) is 0 Å². The number of carbonyl (C=O) groups is 1. The second-order valence-electron chi connectivity index (χ2n) is 8.95. The molecule has 1 aromatic heterocycles. The Kier molecular flexibility index (Phi) is 7.31. The van der Waals surface area contributed by atoms with Gasteiger partial charge in [0.05, 0.1) is 20.3 Å². The van der Waals surface area contributed by atoms with Gasteiger partial charge < -0.3 is 29.0 Å². The molecule has 0 fully saturated rings. The number of fused-ring (bicyclic) bond motifs is 1. The first-order valence-corrected chi connectivity index (χ1v) is 12.4. The summed E-state index contributed by atoms with van der Waals surface area (Å²) in [5.41, 5.74) is 3.83. The second-order valence-corrected chi connectivity index (χ2v) is 8.95. The lowest BCUT2D eigenvalue weighted by atomic mass is 10.0. The van der Waals surface area contributed by atoms with Gasteiger partial charge in [0, 0.05) is 48.9 Å². The quantitative estimate of drug-likeness (QED) is 0.335. The Morgan fingerprint density at radius 2 is 1.59 bits per heavy atom. The number of nitrogens with zero attached hydrogens (tertiary/aromatic N) is 2.